The van der Waals surface area contributed by atoms with Gasteiger partial charge in [0.2, 0.25) is 0 Å². The number of fused-ring (bicyclic) bond motifs is 2. The number of pyridine rings is 3. The van der Waals surface area contributed by atoms with Crippen molar-refractivity contribution in [1.82, 2.24) is 30.1 Å². The van der Waals surface area contributed by atoms with Crippen LogP contribution in [0.3, 0.4) is 0 Å². The predicted molar refractivity (Wildman–Crippen MR) is 122 cm³/mol. The highest BCUT2D eigenvalue weighted by atomic mass is 15.2. The Morgan fingerprint density at radius 3 is 2.61 bits per heavy atom. The maximum atomic E-state index is 5.90. The average Bonchev–Trinajstić information content (AvgIpc) is 3.43. The molecule has 0 atom stereocenters. The van der Waals surface area contributed by atoms with Crippen molar-refractivity contribution in [3.8, 4) is 33.8 Å². The van der Waals surface area contributed by atoms with Crippen molar-refractivity contribution in [2.75, 3.05) is 5.73 Å². The van der Waals surface area contributed by atoms with Gasteiger partial charge in [0.25, 0.3) is 0 Å². The molecule has 0 radical (unpaired) electrons. The van der Waals surface area contributed by atoms with Crippen molar-refractivity contribution >= 4 is 27.6 Å². The molecule has 0 saturated heterocycles. The highest BCUT2D eigenvalue weighted by Gasteiger charge is 2.15. The maximum absolute atomic E-state index is 5.90. The highest BCUT2D eigenvalue weighted by molar-refractivity contribution is 6.00. The van der Waals surface area contributed by atoms with Crippen molar-refractivity contribution in [2.45, 2.75) is 0 Å². The molecule has 0 aliphatic heterocycles. The largest absolute Gasteiger partial charge is 0.397 e. The van der Waals surface area contributed by atoms with Gasteiger partial charge in [0.15, 0.2) is 5.65 Å². The molecule has 0 aliphatic carbocycles. The molecule has 0 unspecified atom stereocenters. The van der Waals surface area contributed by atoms with E-state index in [2.05, 4.69) is 54.4 Å². The van der Waals surface area contributed by atoms with Gasteiger partial charge in [-0.2, -0.15) is 5.10 Å². The van der Waals surface area contributed by atoms with Crippen molar-refractivity contribution in [3.63, 3.8) is 0 Å². The van der Waals surface area contributed by atoms with Gasteiger partial charge >= 0.3 is 0 Å². The zero-order chi connectivity index (χ0) is 20.8. The summed E-state index contributed by atoms with van der Waals surface area (Å²) in [6, 6.07) is 18.2. The van der Waals surface area contributed by atoms with E-state index in [-0.39, 0.29) is 0 Å². The Kier molecular flexibility index (Phi) is 3.79. The number of rotatable bonds is 3. The van der Waals surface area contributed by atoms with Crippen molar-refractivity contribution in [1.29, 1.82) is 0 Å². The monoisotopic (exact) mass is 403 g/mol. The topological polar surface area (TPSA) is 109 Å². The first-order chi connectivity index (χ1) is 15.3. The van der Waals surface area contributed by atoms with Gasteiger partial charge in [-0.3, -0.25) is 15.1 Å². The van der Waals surface area contributed by atoms with Gasteiger partial charge in [0.1, 0.15) is 0 Å². The first kappa shape index (κ1) is 17.3. The molecule has 0 aliphatic rings. The molecular formula is C24H17N7. The summed E-state index contributed by atoms with van der Waals surface area (Å²) in [4.78, 5) is 16.7. The summed E-state index contributed by atoms with van der Waals surface area (Å²) >= 11 is 0. The van der Waals surface area contributed by atoms with Gasteiger partial charge in [-0.05, 0) is 36.4 Å². The van der Waals surface area contributed by atoms with E-state index in [0.717, 1.165) is 50.1 Å². The van der Waals surface area contributed by atoms with E-state index in [1.165, 1.54) is 0 Å². The van der Waals surface area contributed by atoms with Gasteiger partial charge in [0.05, 0.1) is 22.8 Å². The standard InChI is InChI=1S/C24H17N7/c25-16-8-14(11-26-13-16)15-9-19-23(30-31-24(19)28-12-15)22-10-18-17(4-3-6-21(18)29-22)20-5-1-2-7-27-20/h1-13,29H,25H2,(H,28,30,31). The molecule has 6 aromatic rings. The third kappa shape index (κ3) is 2.91. The van der Waals surface area contributed by atoms with E-state index in [9.17, 15) is 0 Å². The van der Waals surface area contributed by atoms with Gasteiger partial charge in [-0.15, -0.1) is 0 Å². The molecule has 5 heterocycles. The Bertz CT molecular complexity index is 1550. The number of hydrogen-bond donors (Lipinski definition) is 3. The lowest BCUT2D eigenvalue weighted by Gasteiger charge is -2.02. The number of aromatic amines is 2. The summed E-state index contributed by atoms with van der Waals surface area (Å²) < 4.78 is 0. The van der Waals surface area contributed by atoms with Crippen molar-refractivity contribution < 1.29 is 0 Å². The van der Waals surface area contributed by atoms with Crippen LogP contribution in [0.15, 0.2) is 79.4 Å². The summed E-state index contributed by atoms with van der Waals surface area (Å²) in [6.45, 7) is 0. The summed E-state index contributed by atoms with van der Waals surface area (Å²) in [5.74, 6) is 0. The number of anilines is 1. The fraction of sp³-hybridized carbons (Fsp3) is 0. The number of aromatic nitrogens is 6. The van der Waals surface area contributed by atoms with Crippen molar-refractivity contribution in [3.05, 3.63) is 79.4 Å². The zero-order valence-electron chi connectivity index (χ0n) is 16.4. The molecule has 5 aromatic heterocycles. The Balaban J connectivity index is 1.51. The van der Waals surface area contributed by atoms with E-state index < -0.39 is 0 Å². The molecule has 0 bridgehead atoms. The summed E-state index contributed by atoms with van der Waals surface area (Å²) in [5.41, 5.74) is 13.9. The van der Waals surface area contributed by atoms with E-state index in [1.807, 2.05) is 36.5 Å². The maximum Gasteiger partial charge on any atom is 0.181 e. The molecular weight excluding hydrogens is 386 g/mol. The third-order valence-electron chi connectivity index (χ3n) is 5.38. The fourth-order valence-electron chi connectivity index (χ4n) is 3.91. The van der Waals surface area contributed by atoms with Gasteiger partial charge in [-0.1, -0.05) is 18.2 Å². The minimum absolute atomic E-state index is 0.614. The van der Waals surface area contributed by atoms with E-state index in [1.54, 1.807) is 18.6 Å². The molecule has 0 amide bonds. The van der Waals surface area contributed by atoms with Crippen LogP contribution in [-0.4, -0.2) is 30.1 Å². The molecule has 6 rings (SSSR count). The molecule has 7 heteroatoms. The number of nitrogens with one attached hydrogen (secondary N) is 2. The molecule has 4 N–H and O–H groups in total. The molecule has 0 fully saturated rings. The number of nitrogens with zero attached hydrogens (tertiary/aromatic N) is 4. The van der Waals surface area contributed by atoms with Crippen LogP contribution in [0.25, 0.3) is 55.7 Å². The second-order valence-electron chi connectivity index (χ2n) is 7.37. The highest BCUT2D eigenvalue weighted by Crippen LogP contribution is 2.34. The quantitative estimate of drug-likeness (QED) is 0.393. The van der Waals surface area contributed by atoms with Gasteiger partial charge < -0.3 is 10.7 Å². The van der Waals surface area contributed by atoms with E-state index >= 15 is 0 Å². The van der Waals surface area contributed by atoms with Gasteiger partial charge in [-0.25, -0.2) is 4.98 Å². The van der Waals surface area contributed by atoms with Crippen LogP contribution >= 0.6 is 0 Å². The summed E-state index contributed by atoms with van der Waals surface area (Å²) in [5, 5.41) is 9.55. The predicted octanol–water partition coefficient (Wildman–Crippen LogP) is 4.81. The number of nitrogens with two attached hydrogens (primary N) is 1. The fourth-order valence-corrected chi connectivity index (χ4v) is 3.91. The molecule has 148 valence electrons. The number of hydrogen-bond acceptors (Lipinski definition) is 5. The van der Waals surface area contributed by atoms with Gasteiger partial charge in [0, 0.05) is 57.8 Å². The Morgan fingerprint density at radius 1 is 0.806 bits per heavy atom. The minimum Gasteiger partial charge on any atom is -0.397 e. The number of H-pyrrole nitrogens is 2. The van der Waals surface area contributed by atoms with E-state index in [0.29, 0.717) is 11.3 Å². The molecule has 0 saturated carbocycles. The van der Waals surface area contributed by atoms with Crippen LogP contribution < -0.4 is 5.73 Å². The lowest BCUT2D eigenvalue weighted by molar-refractivity contribution is 1.10. The van der Waals surface area contributed by atoms with Crippen LogP contribution in [0.5, 0.6) is 0 Å². The third-order valence-corrected chi connectivity index (χ3v) is 5.38. The zero-order valence-corrected chi connectivity index (χ0v) is 16.4. The Morgan fingerprint density at radius 2 is 1.74 bits per heavy atom. The molecule has 31 heavy (non-hydrogen) atoms. The second kappa shape index (κ2) is 6.77. The molecule has 0 spiro atoms. The van der Waals surface area contributed by atoms with Crippen molar-refractivity contribution in [2.24, 2.45) is 0 Å². The van der Waals surface area contributed by atoms with Crippen LogP contribution in [-0.2, 0) is 0 Å². The van der Waals surface area contributed by atoms with E-state index in [4.69, 9.17) is 5.73 Å². The smallest absolute Gasteiger partial charge is 0.181 e. The summed E-state index contributed by atoms with van der Waals surface area (Å²) in [6.07, 6.45) is 7.00. The second-order valence-corrected chi connectivity index (χ2v) is 7.37. The minimum atomic E-state index is 0.614. The van der Waals surface area contributed by atoms with Crippen LogP contribution in [0, 0.1) is 0 Å². The normalized spacial score (nSPS) is 11.4. The Labute approximate surface area is 177 Å². The SMILES string of the molecule is Nc1cncc(-c2cnc3n[nH]c(-c4cc5c(-c6ccccn6)cccc5[nH]4)c3c2)c1. The number of nitrogen functional groups attached to an aromatic ring is 1. The lowest BCUT2D eigenvalue weighted by atomic mass is 10.1. The Hall–Kier alpha value is -4.52. The molecule has 7 nitrogen and oxygen atoms in total. The lowest BCUT2D eigenvalue weighted by Crippen LogP contribution is -1.88. The van der Waals surface area contributed by atoms with Crippen LogP contribution in [0.2, 0.25) is 0 Å². The molecule has 1 aromatic carbocycles. The first-order valence-corrected chi connectivity index (χ1v) is 9.85. The van der Waals surface area contributed by atoms with Crippen LogP contribution in [0.1, 0.15) is 0 Å². The summed E-state index contributed by atoms with van der Waals surface area (Å²) in [7, 11) is 0. The van der Waals surface area contributed by atoms with Crippen LogP contribution in [0.4, 0.5) is 5.69 Å². The average molecular weight is 403 g/mol. The number of benzene rings is 1. The first-order valence-electron chi connectivity index (χ1n) is 9.85.